The van der Waals surface area contributed by atoms with Gasteiger partial charge in [-0.25, -0.2) is 9.78 Å². The number of rotatable bonds is 4. The van der Waals surface area contributed by atoms with E-state index in [0.29, 0.717) is 42.7 Å². The average Bonchev–Trinajstić information content (AvgIpc) is 3.42. The maximum absolute atomic E-state index is 11.9. The number of hydrogen-bond acceptors (Lipinski definition) is 7. The third-order valence-electron chi connectivity index (χ3n) is 5.06. The number of carbonyl (C=O) groups is 1. The van der Waals surface area contributed by atoms with Crippen molar-refractivity contribution in [1.82, 2.24) is 14.8 Å². The lowest BCUT2D eigenvalue weighted by atomic mass is 10.0. The number of aliphatic hydroxyl groups is 1. The molecule has 148 valence electrons. The van der Waals surface area contributed by atoms with Crippen molar-refractivity contribution in [2.24, 2.45) is 0 Å². The van der Waals surface area contributed by atoms with Crippen LogP contribution in [0.4, 0.5) is 4.79 Å². The van der Waals surface area contributed by atoms with E-state index in [-0.39, 0.29) is 17.9 Å². The average molecular weight is 419 g/mol. The van der Waals surface area contributed by atoms with E-state index in [1.54, 1.807) is 23.2 Å². The van der Waals surface area contributed by atoms with Gasteiger partial charge in [-0.3, -0.25) is 5.41 Å². The van der Waals surface area contributed by atoms with Gasteiger partial charge in [-0.15, -0.1) is 22.7 Å². The number of nitrogens with one attached hydrogen (secondary N) is 1. The first kappa shape index (κ1) is 18.9. The monoisotopic (exact) mass is 418 g/mol. The van der Waals surface area contributed by atoms with Crippen LogP contribution < -0.4 is 0 Å². The van der Waals surface area contributed by atoms with Crippen molar-refractivity contribution >= 4 is 40.2 Å². The SMILES string of the molecule is CCOC(=O)N1CCC(N2CC(O)=C(c3nc(-c4cccs4)cs3)C2=N)CC1. The molecule has 0 bridgehead atoms. The van der Waals surface area contributed by atoms with Crippen LogP contribution in [0.5, 0.6) is 0 Å². The Bertz CT molecular complexity index is 898. The van der Waals surface area contributed by atoms with Gasteiger partial charge in [-0.2, -0.15) is 0 Å². The summed E-state index contributed by atoms with van der Waals surface area (Å²) in [6.07, 6.45) is 1.23. The largest absolute Gasteiger partial charge is 0.510 e. The van der Waals surface area contributed by atoms with E-state index < -0.39 is 0 Å². The van der Waals surface area contributed by atoms with Crippen LogP contribution in [-0.4, -0.2) is 64.1 Å². The molecule has 0 saturated carbocycles. The van der Waals surface area contributed by atoms with Gasteiger partial charge >= 0.3 is 6.09 Å². The van der Waals surface area contributed by atoms with Crippen molar-refractivity contribution in [3.63, 3.8) is 0 Å². The van der Waals surface area contributed by atoms with Crippen molar-refractivity contribution in [3.05, 3.63) is 33.7 Å². The number of amidine groups is 1. The molecular weight excluding hydrogens is 396 g/mol. The summed E-state index contributed by atoms with van der Waals surface area (Å²) in [6.45, 7) is 3.70. The number of likely N-dealkylation sites (tertiary alicyclic amines) is 1. The summed E-state index contributed by atoms with van der Waals surface area (Å²) in [5.41, 5.74) is 1.41. The number of aromatic nitrogens is 1. The van der Waals surface area contributed by atoms with Crippen molar-refractivity contribution in [2.45, 2.75) is 25.8 Å². The molecule has 4 heterocycles. The first-order valence-corrected chi connectivity index (χ1v) is 11.0. The molecule has 2 aromatic rings. The topological polar surface area (TPSA) is 89.8 Å². The summed E-state index contributed by atoms with van der Waals surface area (Å²) >= 11 is 3.07. The van der Waals surface area contributed by atoms with Gasteiger partial charge in [0, 0.05) is 24.5 Å². The van der Waals surface area contributed by atoms with Crippen LogP contribution in [0.2, 0.25) is 0 Å². The zero-order chi connectivity index (χ0) is 19.7. The highest BCUT2D eigenvalue weighted by Gasteiger charge is 2.36. The second-order valence-electron chi connectivity index (χ2n) is 6.73. The molecule has 0 aliphatic carbocycles. The van der Waals surface area contributed by atoms with E-state index in [0.717, 1.165) is 23.4 Å². The maximum atomic E-state index is 11.9. The smallest absolute Gasteiger partial charge is 0.409 e. The molecule has 0 radical (unpaired) electrons. The lowest BCUT2D eigenvalue weighted by Crippen LogP contribution is -2.47. The molecule has 28 heavy (non-hydrogen) atoms. The molecule has 2 aromatic heterocycles. The Morgan fingerprint density at radius 3 is 2.86 bits per heavy atom. The van der Waals surface area contributed by atoms with Crippen molar-refractivity contribution in [2.75, 3.05) is 26.2 Å². The van der Waals surface area contributed by atoms with Crippen LogP contribution in [0.25, 0.3) is 16.1 Å². The fourth-order valence-electron chi connectivity index (χ4n) is 3.64. The van der Waals surface area contributed by atoms with Crippen molar-refractivity contribution < 1.29 is 14.6 Å². The second-order valence-corrected chi connectivity index (χ2v) is 8.54. The predicted octanol–water partition coefficient (Wildman–Crippen LogP) is 4.05. The quantitative estimate of drug-likeness (QED) is 0.782. The van der Waals surface area contributed by atoms with E-state index in [2.05, 4.69) is 4.98 Å². The van der Waals surface area contributed by atoms with Gasteiger partial charge in [-0.1, -0.05) is 6.07 Å². The van der Waals surface area contributed by atoms with Gasteiger partial charge in [0.25, 0.3) is 0 Å². The summed E-state index contributed by atoms with van der Waals surface area (Å²) in [5.74, 6) is 0.518. The number of nitrogens with zero attached hydrogens (tertiary/aromatic N) is 3. The van der Waals surface area contributed by atoms with E-state index in [4.69, 9.17) is 10.1 Å². The van der Waals surface area contributed by atoms with Crippen LogP contribution in [-0.2, 0) is 4.74 Å². The van der Waals surface area contributed by atoms with E-state index in [9.17, 15) is 9.90 Å². The van der Waals surface area contributed by atoms with Crippen molar-refractivity contribution in [1.29, 1.82) is 5.41 Å². The molecule has 0 unspecified atom stereocenters. The van der Waals surface area contributed by atoms with E-state index in [1.165, 1.54) is 11.3 Å². The summed E-state index contributed by atoms with van der Waals surface area (Å²) in [6, 6.07) is 4.12. The number of aliphatic hydroxyl groups excluding tert-OH is 1. The van der Waals surface area contributed by atoms with Gasteiger partial charge in [0.15, 0.2) is 0 Å². The number of thiazole rings is 1. The Kier molecular flexibility index (Phi) is 5.36. The molecule has 1 amide bonds. The zero-order valence-corrected chi connectivity index (χ0v) is 17.2. The van der Waals surface area contributed by atoms with Crippen LogP contribution in [0.1, 0.15) is 24.8 Å². The predicted molar refractivity (Wildman–Crippen MR) is 111 cm³/mol. The molecule has 4 rings (SSSR count). The third kappa shape index (κ3) is 3.51. The fourth-order valence-corrected chi connectivity index (χ4v) is 5.28. The minimum Gasteiger partial charge on any atom is -0.510 e. The minimum absolute atomic E-state index is 0.120. The second kappa shape index (κ2) is 7.92. The lowest BCUT2D eigenvalue weighted by Gasteiger charge is -2.37. The number of amides is 1. The molecular formula is C19H22N4O3S2. The highest BCUT2D eigenvalue weighted by molar-refractivity contribution is 7.14. The Morgan fingerprint density at radius 2 is 2.18 bits per heavy atom. The Labute approximate surface area is 171 Å². The first-order chi connectivity index (χ1) is 13.6. The molecule has 2 aliphatic rings. The zero-order valence-electron chi connectivity index (χ0n) is 15.6. The molecule has 2 N–H and O–H groups in total. The maximum Gasteiger partial charge on any atom is 0.409 e. The minimum atomic E-state index is -0.275. The van der Waals surface area contributed by atoms with Crippen molar-refractivity contribution in [3.8, 4) is 10.6 Å². The summed E-state index contributed by atoms with van der Waals surface area (Å²) < 4.78 is 5.06. The Balaban J connectivity index is 1.44. The first-order valence-electron chi connectivity index (χ1n) is 9.27. The standard InChI is InChI=1S/C19H22N4O3S2/c1-2-26-19(25)22-7-5-12(6-8-22)23-10-14(24)16(17(23)20)18-21-13(11-28-18)15-4-3-9-27-15/h3-4,9,11-12,20,24H,2,5-8,10H2,1H3. The van der Waals surface area contributed by atoms with Crippen LogP contribution >= 0.6 is 22.7 Å². The van der Waals surface area contributed by atoms with E-state index in [1.807, 2.05) is 27.8 Å². The number of ether oxygens (including phenoxy) is 1. The number of thiophene rings is 1. The lowest BCUT2D eigenvalue weighted by molar-refractivity contribution is 0.0876. The number of carbonyl (C=O) groups excluding carboxylic acids is 1. The van der Waals surface area contributed by atoms with Crippen LogP contribution in [0.15, 0.2) is 28.7 Å². The number of hydrogen-bond donors (Lipinski definition) is 2. The molecule has 0 atom stereocenters. The molecule has 2 aliphatic heterocycles. The highest BCUT2D eigenvalue weighted by Crippen LogP contribution is 2.35. The number of piperidine rings is 1. The molecule has 7 nitrogen and oxygen atoms in total. The summed E-state index contributed by atoms with van der Waals surface area (Å²) in [4.78, 5) is 21.2. The molecule has 9 heteroatoms. The molecule has 1 saturated heterocycles. The summed E-state index contributed by atoms with van der Waals surface area (Å²) in [7, 11) is 0. The van der Waals surface area contributed by atoms with E-state index >= 15 is 0 Å². The van der Waals surface area contributed by atoms with Gasteiger partial charge in [0.2, 0.25) is 0 Å². The molecule has 0 aromatic carbocycles. The normalized spacial score (nSPS) is 18.2. The fraction of sp³-hybridized carbons (Fsp3) is 0.421. The Morgan fingerprint density at radius 1 is 1.39 bits per heavy atom. The van der Waals surface area contributed by atoms with Crippen LogP contribution in [0.3, 0.4) is 0 Å². The van der Waals surface area contributed by atoms with Gasteiger partial charge < -0.3 is 19.6 Å². The third-order valence-corrected chi connectivity index (χ3v) is 6.81. The molecule has 1 fully saturated rings. The molecule has 0 spiro atoms. The van der Waals surface area contributed by atoms with Gasteiger partial charge in [-0.05, 0) is 31.2 Å². The Hall–Kier alpha value is -2.39. The van der Waals surface area contributed by atoms with Crippen LogP contribution in [0, 0.1) is 5.41 Å². The van der Waals surface area contributed by atoms with Gasteiger partial charge in [0.05, 0.1) is 29.3 Å². The summed E-state index contributed by atoms with van der Waals surface area (Å²) in [5, 5.41) is 23.8. The van der Waals surface area contributed by atoms with Gasteiger partial charge in [0.1, 0.15) is 16.6 Å². The highest BCUT2D eigenvalue weighted by atomic mass is 32.1.